The highest BCUT2D eigenvalue weighted by Crippen LogP contribution is 2.33. The summed E-state index contributed by atoms with van der Waals surface area (Å²) in [5, 5.41) is 11.8. The minimum atomic E-state index is -0.535. The van der Waals surface area contributed by atoms with Gasteiger partial charge in [0.05, 0.1) is 0 Å². The van der Waals surface area contributed by atoms with E-state index >= 15 is 0 Å². The van der Waals surface area contributed by atoms with Crippen LogP contribution in [0.4, 0.5) is 0 Å². The van der Waals surface area contributed by atoms with Gasteiger partial charge in [0.25, 0.3) is 0 Å². The molecule has 2 N–H and O–H groups in total. The summed E-state index contributed by atoms with van der Waals surface area (Å²) in [6, 6.07) is 20.4. The van der Waals surface area contributed by atoms with Gasteiger partial charge in [-0.3, -0.25) is 0 Å². The van der Waals surface area contributed by atoms with Crippen LogP contribution in [0.25, 0.3) is 21.8 Å². The van der Waals surface area contributed by atoms with Crippen molar-refractivity contribution in [3.8, 4) is 5.75 Å². The van der Waals surface area contributed by atoms with Crippen molar-refractivity contribution < 1.29 is 14.6 Å². The molecule has 0 radical (unpaired) electrons. The fourth-order valence-electron chi connectivity index (χ4n) is 2.93. The van der Waals surface area contributed by atoms with Crippen molar-refractivity contribution in [2.45, 2.75) is 6.61 Å². The normalized spacial score (nSPS) is 11.0. The van der Waals surface area contributed by atoms with E-state index < -0.39 is 5.97 Å². The maximum absolute atomic E-state index is 12.6. The number of rotatable bonds is 3. The van der Waals surface area contributed by atoms with Crippen molar-refractivity contribution in [2.24, 2.45) is 0 Å². The molecule has 3 aromatic carbocycles. The molecule has 0 spiro atoms. The molecule has 0 saturated carbocycles. The van der Waals surface area contributed by atoms with Gasteiger partial charge in [0, 0.05) is 21.8 Å². The summed E-state index contributed by atoms with van der Waals surface area (Å²) in [6.07, 6.45) is 0. The number of carbonyl (C=O) groups is 1. The molecule has 1 aromatic heterocycles. The summed E-state index contributed by atoms with van der Waals surface area (Å²) in [5.74, 6) is -0.614. The van der Waals surface area contributed by atoms with Gasteiger partial charge in [-0.15, -0.1) is 0 Å². The number of benzene rings is 3. The number of ether oxygens (including phenoxy) is 1. The lowest BCUT2D eigenvalue weighted by Gasteiger charge is -2.08. The van der Waals surface area contributed by atoms with Crippen LogP contribution in [-0.4, -0.2) is 16.1 Å². The van der Waals surface area contributed by atoms with E-state index in [4.69, 9.17) is 4.74 Å². The van der Waals surface area contributed by atoms with Crippen LogP contribution in [0.1, 0.15) is 15.9 Å². The third kappa shape index (κ3) is 2.38. The fourth-order valence-corrected chi connectivity index (χ4v) is 2.93. The van der Waals surface area contributed by atoms with Crippen LogP contribution >= 0.6 is 0 Å². The molecule has 4 heteroatoms. The lowest BCUT2D eigenvalue weighted by molar-refractivity contribution is 0.0472. The SMILES string of the molecule is O=C(OCc1ccccc1)c1c(O)ccc2[nH]c3ccccc3c12. The maximum Gasteiger partial charge on any atom is 0.342 e. The third-order valence-electron chi connectivity index (χ3n) is 4.07. The van der Waals surface area contributed by atoms with E-state index in [2.05, 4.69) is 4.98 Å². The fraction of sp³-hybridized carbons (Fsp3) is 0.0500. The van der Waals surface area contributed by atoms with E-state index in [1.165, 1.54) is 6.07 Å². The molecular formula is C20H15NO3. The molecule has 0 saturated heterocycles. The van der Waals surface area contributed by atoms with E-state index in [0.717, 1.165) is 22.0 Å². The predicted octanol–water partition coefficient (Wildman–Crippen LogP) is 4.38. The number of para-hydroxylation sites is 1. The van der Waals surface area contributed by atoms with E-state index in [9.17, 15) is 9.90 Å². The van der Waals surface area contributed by atoms with Crippen LogP contribution in [0.5, 0.6) is 5.75 Å². The number of fused-ring (bicyclic) bond motifs is 3. The van der Waals surface area contributed by atoms with Gasteiger partial charge >= 0.3 is 5.97 Å². The van der Waals surface area contributed by atoms with E-state index in [1.807, 2.05) is 54.6 Å². The maximum atomic E-state index is 12.6. The second-order valence-electron chi connectivity index (χ2n) is 5.61. The number of esters is 1. The first-order chi connectivity index (χ1) is 11.7. The quantitative estimate of drug-likeness (QED) is 0.551. The summed E-state index contributed by atoms with van der Waals surface area (Å²) < 4.78 is 5.41. The number of aromatic nitrogens is 1. The third-order valence-corrected chi connectivity index (χ3v) is 4.07. The Bertz CT molecular complexity index is 1030. The molecule has 24 heavy (non-hydrogen) atoms. The van der Waals surface area contributed by atoms with E-state index in [0.29, 0.717) is 5.39 Å². The van der Waals surface area contributed by atoms with Crippen LogP contribution in [0.15, 0.2) is 66.7 Å². The van der Waals surface area contributed by atoms with Crippen LogP contribution in [-0.2, 0) is 11.3 Å². The molecule has 4 rings (SSSR count). The Morgan fingerprint density at radius 2 is 1.67 bits per heavy atom. The second-order valence-corrected chi connectivity index (χ2v) is 5.61. The van der Waals surface area contributed by atoms with E-state index in [1.54, 1.807) is 6.07 Å². The van der Waals surface area contributed by atoms with Gasteiger partial charge < -0.3 is 14.8 Å². The molecular weight excluding hydrogens is 302 g/mol. The van der Waals surface area contributed by atoms with Crippen molar-refractivity contribution in [3.05, 3.63) is 77.9 Å². The molecule has 1 heterocycles. The minimum absolute atomic E-state index is 0.0784. The summed E-state index contributed by atoms with van der Waals surface area (Å²) in [7, 11) is 0. The average Bonchev–Trinajstić information content (AvgIpc) is 2.99. The van der Waals surface area contributed by atoms with Gasteiger partial charge in [-0.2, -0.15) is 0 Å². The number of phenols is 1. The standard InChI is InChI=1S/C20H15NO3/c22-17-11-10-16-18(14-8-4-5-9-15(14)21-16)19(17)20(23)24-12-13-6-2-1-3-7-13/h1-11,21-22H,12H2. The summed E-state index contributed by atoms with van der Waals surface area (Å²) in [5.41, 5.74) is 2.80. The number of nitrogens with one attached hydrogen (secondary N) is 1. The highest BCUT2D eigenvalue weighted by molar-refractivity contribution is 6.17. The number of aromatic hydroxyl groups is 1. The number of hydrogen-bond donors (Lipinski definition) is 2. The topological polar surface area (TPSA) is 62.3 Å². The number of hydrogen-bond acceptors (Lipinski definition) is 3. The van der Waals surface area contributed by atoms with Gasteiger partial charge in [0.15, 0.2) is 0 Å². The largest absolute Gasteiger partial charge is 0.507 e. The molecule has 0 amide bonds. The Balaban J connectivity index is 1.77. The van der Waals surface area contributed by atoms with Crippen LogP contribution < -0.4 is 0 Å². The second kappa shape index (κ2) is 5.74. The van der Waals surface area contributed by atoms with Crippen molar-refractivity contribution in [3.63, 3.8) is 0 Å². The molecule has 0 unspecified atom stereocenters. The van der Waals surface area contributed by atoms with Gasteiger partial charge in [0.1, 0.15) is 17.9 Å². The van der Waals surface area contributed by atoms with Gasteiger partial charge in [-0.25, -0.2) is 4.79 Å². The van der Waals surface area contributed by atoms with Crippen molar-refractivity contribution >= 4 is 27.8 Å². The highest BCUT2D eigenvalue weighted by Gasteiger charge is 2.20. The average molecular weight is 317 g/mol. The molecule has 118 valence electrons. The van der Waals surface area contributed by atoms with Gasteiger partial charge in [0.2, 0.25) is 0 Å². The van der Waals surface area contributed by atoms with Crippen LogP contribution in [0, 0.1) is 0 Å². The van der Waals surface area contributed by atoms with Crippen LogP contribution in [0.2, 0.25) is 0 Å². The molecule has 0 aliphatic heterocycles. The zero-order valence-electron chi connectivity index (χ0n) is 12.8. The molecule has 0 fully saturated rings. The zero-order valence-corrected chi connectivity index (χ0v) is 12.8. The van der Waals surface area contributed by atoms with Gasteiger partial charge in [-0.1, -0.05) is 48.5 Å². The summed E-state index contributed by atoms with van der Waals surface area (Å²) >= 11 is 0. The number of phenolic OH excluding ortho intramolecular Hbond substituents is 1. The summed E-state index contributed by atoms with van der Waals surface area (Å²) in [4.78, 5) is 15.9. The molecule has 0 aliphatic rings. The Labute approximate surface area is 138 Å². The summed E-state index contributed by atoms with van der Waals surface area (Å²) in [6.45, 7) is 0.165. The predicted molar refractivity (Wildman–Crippen MR) is 93.0 cm³/mol. The number of H-pyrrole nitrogens is 1. The first-order valence-corrected chi connectivity index (χ1v) is 7.67. The van der Waals surface area contributed by atoms with Crippen molar-refractivity contribution in [2.75, 3.05) is 0 Å². The van der Waals surface area contributed by atoms with Crippen molar-refractivity contribution in [1.29, 1.82) is 0 Å². The Kier molecular flexibility index (Phi) is 3.43. The minimum Gasteiger partial charge on any atom is -0.507 e. The Hall–Kier alpha value is -3.27. The lowest BCUT2D eigenvalue weighted by Crippen LogP contribution is -2.06. The molecule has 0 atom stereocenters. The highest BCUT2D eigenvalue weighted by atomic mass is 16.5. The molecule has 0 bridgehead atoms. The first-order valence-electron chi connectivity index (χ1n) is 7.67. The first kappa shape index (κ1) is 14.3. The number of aromatic amines is 1. The monoisotopic (exact) mass is 317 g/mol. The Morgan fingerprint density at radius 3 is 2.50 bits per heavy atom. The van der Waals surface area contributed by atoms with E-state index in [-0.39, 0.29) is 17.9 Å². The van der Waals surface area contributed by atoms with Crippen LogP contribution in [0.3, 0.4) is 0 Å². The van der Waals surface area contributed by atoms with Crippen molar-refractivity contribution in [1.82, 2.24) is 4.98 Å². The zero-order chi connectivity index (χ0) is 16.5. The smallest absolute Gasteiger partial charge is 0.342 e. The molecule has 0 aliphatic carbocycles. The molecule has 4 nitrogen and oxygen atoms in total. The lowest BCUT2D eigenvalue weighted by atomic mass is 10.1. The number of carbonyl (C=O) groups excluding carboxylic acids is 1. The molecule has 4 aromatic rings. The van der Waals surface area contributed by atoms with Gasteiger partial charge in [-0.05, 0) is 23.8 Å². The Morgan fingerprint density at radius 1 is 0.917 bits per heavy atom.